The van der Waals surface area contributed by atoms with E-state index in [2.05, 4.69) is 25.5 Å². The highest BCUT2D eigenvalue weighted by atomic mass is 16.5. The monoisotopic (exact) mass is 447 g/mol. The van der Waals surface area contributed by atoms with Gasteiger partial charge in [-0.3, -0.25) is 14.5 Å². The number of ether oxygens (including phenoxy) is 2. The van der Waals surface area contributed by atoms with Gasteiger partial charge in [0, 0.05) is 49.8 Å². The second kappa shape index (κ2) is 11.2. The molecule has 0 spiro atoms. The molecule has 1 saturated heterocycles. The number of carbonyl (C=O) groups excluding carboxylic acids is 2. The van der Waals surface area contributed by atoms with Crippen LogP contribution in [0.1, 0.15) is 20.7 Å². The molecular formula is C24H25N5O4. The number of carbonyl (C=O) groups is 2. The van der Waals surface area contributed by atoms with Gasteiger partial charge in [0.2, 0.25) is 0 Å². The molecule has 9 nitrogen and oxygen atoms in total. The van der Waals surface area contributed by atoms with E-state index >= 15 is 0 Å². The van der Waals surface area contributed by atoms with Crippen LogP contribution in [0.25, 0.3) is 0 Å². The van der Waals surface area contributed by atoms with Crippen molar-refractivity contribution >= 4 is 17.5 Å². The average molecular weight is 447 g/mol. The van der Waals surface area contributed by atoms with Crippen molar-refractivity contribution in [2.45, 2.75) is 0 Å². The number of anilines is 1. The Morgan fingerprint density at radius 3 is 2.30 bits per heavy atom. The minimum absolute atomic E-state index is 0.149. The molecule has 0 aliphatic carbocycles. The Morgan fingerprint density at radius 1 is 0.909 bits per heavy atom. The molecule has 170 valence electrons. The lowest BCUT2D eigenvalue weighted by Crippen LogP contribution is -2.41. The van der Waals surface area contributed by atoms with Gasteiger partial charge in [-0.1, -0.05) is 18.2 Å². The van der Waals surface area contributed by atoms with E-state index in [-0.39, 0.29) is 17.8 Å². The minimum Gasteiger partial charge on any atom is -0.424 e. The summed E-state index contributed by atoms with van der Waals surface area (Å²) in [5.41, 5.74) is 1.38. The third-order valence-corrected chi connectivity index (χ3v) is 5.06. The van der Waals surface area contributed by atoms with Crippen molar-refractivity contribution in [2.75, 3.05) is 44.7 Å². The average Bonchev–Trinajstić information content (AvgIpc) is 2.86. The molecule has 33 heavy (non-hydrogen) atoms. The van der Waals surface area contributed by atoms with Gasteiger partial charge in [-0.2, -0.15) is 0 Å². The molecule has 2 heterocycles. The van der Waals surface area contributed by atoms with Crippen molar-refractivity contribution in [1.29, 1.82) is 0 Å². The molecule has 2 N–H and O–H groups in total. The molecule has 1 fully saturated rings. The summed E-state index contributed by atoms with van der Waals surface area (Å²) in [5.74, 6) is 0.104. The second-order valence-corrected chi connectivity index (χ2v) is 7.41. The highest BCUT2D eigenvalue weighted by Gasteiger charge is 2.12. The van der Waals surface area contributed by atoms with Gasteiger partial charge in [0.1, 0.15) is 5.75 Å². The Bertz CT molecular complexity index is 1050. The maximum Gasteiger partial charge on any atom is 0.321 e. The molecular weight excluding hydrogens is 422 g/mol. The molecule has 9 heteroatoms. The summed E-state index contributed by atoms with van der Waals surface area (Å²) in [6.45, 7) is 4.61. The smallest absolute Gasteiger partial charge is 0.321 e. The molecule has 1 aromatic heterocycles. The maximum atomic E-state index is 12.5. The van der Waals surface area contributed by atoms with Crippen LogP contribution in [0.15, 0.2) is 67.0 Å². The number of rotatable bonds is 8. The van der Waals surface area contributed by atoms with E-state index in [1.807, 2.05) is 18.2 Å². The van der Waals surface area contributed by atoms with Crippen molar-refractivity contribution in [1.82, 2.24) is 20.2 Å². The van der Waals surface area contributed by atoms with Gasteiger partial charge in [0.15, 0.2) is 0 Å². The van der Waals surface area contributed by atoms with Crippen LogP contribution in [-0.2, 0) is 4.74 Å². The number of nitrogens with one attached hydrogen (secondary N) is 2. The summed E-state index contributed by atoms with van der Waals surface area (Å²) in [7, 11) is 0. The predicted molar refractivity (Wildman–Crippen MR) is 123 cm³/mol. The summed E-state index contributed by atoms with van der Waals surface area (Å²) in [6, 6.07) is 16.0. The molecule has 2 amide bonds. The summed E-state index contributed by atoms with van der Waals surface area (Å²) in [6.07, 6.45) is 2.80. The van der Waals surface area contributed by atoms with E-state index in [1.54, 1.807) is 36.4 Å². The van der Waals surface area contributed by atoms with Crippen molar-refractivity contribution in [2.24, 2.45) is 0 Å². The first-order chi connectivity index (χ1) is 16.2. The third kappa shape index (κ3) is 6.58. The van der Waals surface area contributed by atoms with E-state index < -0.39 is 0 Å². The molecule has 1 aliphatic heterocycles. The second-order valence-electron chi connectivity index (χ2n) is 7.41. The van der Waals surface area contributed by atoms with E-state index in [0.717, 1.165) is 32.8 Å². The van der Waals surface area contributed by atoms with Crippen molar-refractivity contribution < 1.29 is 19.1 Å². The Labute approximate surface area is 191 Å². The number of hydrogen-bond acceptors (Lipinski definition) is 7. The number of nitrogens with zero attached hydrogens (tertiary/aromatic N) is 3. The lowest BCUT2D eigenvalue weighted by Gasteiger charge is -2.26. The number of aromatic nitrogens is 2. The van der Waals surface area contributed by atoms with Crippen LogP contribution in [0.3, 0.4) is 0 Å². The molecule has 0 saturated carbocycles. The lowest BCUT2D eigenvalue weighted by molar-refractivity contribution is 0.0383. The standard InChI is InChI=1S/C24H25N5O4/c30-22(25-10-11-29-12-14-32-15-13-29)18-6-8-20(9-7-18)28-23(31)19-16-26-24(27-17-19)33-21-4-2-1-3-5-21/h1-9,16-17H,10-15H2,(H,25,30)(H,28,31). The number of morpholine rings is 1. The number of hydrogen-bond donors (Lipinski definition) is 2. The zero-order valence-electron chi connectivity index (χ0n) is 18.1. The summed E-state index contributed by atoms with van der Waals surface area (Å²) >= 11 is 0. The molecule has 4 rings (SSSR count). The van der Waals surface area contributed by atoms with Crippen molar-refractivity contribution in [3.05, 3.63) is 78.1 Å². The van der Waals surface area contributed by atoms with Crippen LogP contribution in [0.5, 0.6) is 11.8 Å². The fourth-order valence-electron chi connectivity index (χ4n) is 3.24. The Morgan fingerprint density at radius 2 is 1.61 bits per heavy atom. The highest BCUT2D eigenvalue weighted by molar-refractivity contribution is 6.04. The fraction of sp³-hybridized carbons (Fsp3) is 0.250. The molecule has 1 aliphatic rings. The van der Waals surface area contributed by atoms with Crippen LogP contribution in [0.2, 0.25) is 0 Å². The van der Waals surface area contributed by atoms with Gasteiger partial charge in [0.25, 0.3) is 11.8 Å². The van der Waals surface area contributed by atoms with Crippen molar-refractivity contribution in [3.8, 4) is 11.8 Å². The van der Waals surface area contributed by atoms with E-state index in [4.69, 9.17) is 9.47 Å². The third-order valence-electron chi connectivity index (χ3n) is 5.06. The first-order valence-electron chi connectivity index (χ1n) is 10.7. The molecule has 0 bridgehead atoms. The fourth-order valence-corrected chi connectivity index (χ4v) is 3.24. The predicted octanol–water partition coefficient (Wildman–Crippen LogP) is 2.58. The zero-order chi connectivity index (χ0) is 22.9. The summed E-state index contributed by atoms with van der Waals surface area (Å²) in [5, 5.41) is 5.69. The zero-order valence-corrected chi connectivity index (χ0v) is 18.1. The van der Waals surface area contributed by atoms with Gasteiger partial charge in [-0.05, 0) is 36.4 Å². The van der Waals surface area contributed by atoms with Gasteiger partial charge in [0.05, 0.1) is 18.8 Å². The Hall–Kier alpha value is -3.82. The van der Waals surface area contributed by atoms with Crippen LogP contribution in [0, 0.1) is 0 Å². The summed E-state index contributed by atoms with van der Waals surface area (Å²) in [4.78, 5) is 35.2. The van der Waals surface area contributed by atoms with E-state index in [1.165, 1.54) is 12.4 Å². The molecule has 3 aromatic rings. The van der Waals surface area contributed by atoms with Crippen LogP contribution in [-0.4, -0.2) is 66.1 Å². The molecule has 0 radical (unpaired) electrons. The topological polar surface area (TPSA) is 106 Å². The molecule has 0 unspecified atom stereocenters. The SMILES string of the molecule is O=C(NCCN1CCOCC1)c1ccc(NC(=O)c2cnc(Oc3ccccc3)nc2)cc1. The normalized spacial score (nSPS) is 13.8. The van der Waals surface area contributed by atoms with Gasteiger partial charge >= 0.3 is 6.01 Å². The first kappa shape index (κ1) is 22.4. The van der Waals surface area contributed by atoms with Crippen LogP contribution >= 0.6 is 0 Å². The van der Waals surface area contributed by atoms with Gasteiger partial charge in [-0.15, -0.1) is 0 Å². The van der Waals surface area contributed by atoms with E-state index in [9.17, 15) is 9.59 Å². The van der Waals surface area contributed by atoms with Crippen LogP contribution < -0.4 is 15.4 Å². The lowest BCUT2D eigenvalue weighted by atomic mass is 10.2. The number of benzene rings is 2. The summed E-state index contributed by atoms with van der Waals surface area (Å²) < 4.78 is 10.8. The van der Waals surface area contributed by atoms with Crippen LogP contribution in [0.4, 0.5) is 5.69 Å². The Balaban J connectivity index is 1.25. The quantitative estimate of drug-likeness (QED) is 0.547. The molecule has 0 atom stereocenters. The number of para-hydroxylation sites is 1. The minimum atomic E-state index is -0.357. The van der Waals surface area contributed by atoms with Gasteiger partial charge in [-0.25, -0.2) is 9.97 Å². The molecule has 2 aromatic carbocycles. The van der Waals surface area contributed by atoms with Crippen molar-refractivity contribution in [3.63, 3.8) is 0 Å². The maximum absolute atomic E-state index is 12.5. The highest BCUT2D eigenvalue weighted by Crippen LogP contribution is 2.17. The van der Waals surface area contributed by atoms with E-state index in [0.29, 0.717) is 29.1 Å². The largest absolute Gasteiger partial charge is 0.424 e. The Kier molecular flexibility index (Phi) is 7.57. The first-order valence-corrected chi connectivity index (χ1v) is 10.7. The number of amides is 2. The van der Waals surface area contributed by atoms with Gasteiger partial charge < -0.3 is 20.1 Å².